The molecule has 1 aliphatic heterocycles. The lowest BCUT2D eigenvalue weighted by Crippen LogP contribution is -2.29. The molecule has 0 atom stereocenters. The van der Waals surface area contributed by atoms with Crippen molar-refractivity contribution in [1.82, 2.24) is 19.9 Å². The number of H-pyrrole nitrogens is 1. The molecule has 6 aromatic carbocycles. The van der Waals surface area contributed by atoms with E-state index in [-0.39, 0.29) is 120 Å². The van der Waals surface area contributed by atoms with Crippen LogP contribution >= 0.6 is 0 Å². The number of amides is 2. The van der Waals surface area contributed by atoms with E-state index in [4.69, 9.17) is 11.5 Å². The van der Waals surface area contributed by atoms with E-state index in [9.17, 15) is 46.5 Å². The molecular weight excluding hydrogens is 869 g/mol. The van der Waals surface area contributed by atoms with Gasteiger partial charge in [0.15, 0.2) is 23.1 Å². The summed E-state index contributed by atoms with van der Waals surface area (Å²) in [6, 6.07) is 29.4. The first-order valence-electron chi connectivity index (χ1n) is 19.9. The first-order chi connectivity index (χ1) is 31.6. The van der Waals surface area contributed by atoms with Crippen LogP contribution in [-0.2, 0) is 10.1 Å². The maximum absolute atomic E-state index is 13.6. The third-order valence-corrected chi connectivity index (χ3v) is 12.0. The van der Waals surface area contributed by atoms with Crippen LogP contribution in [0.2, 0.25) is 0 Å². The zero-order chi connectivity index (χ0) is 46.8. The zero-order valence-corrected chi connectivity index (χ0v) is 35.0. The van der Waals surface area contributed by atoms with Gasteiger partial charge in [-0.3, -0.25) is 43.2 Å². The summed E-state index contributed by atoms with van der Waals surface area (Å²) in [5.41, 5.74) is 15.0. The fraction of sp³-hybridized carbons (Fsp3) is 0.0426. The summed E-state index contributed by atoms with van der Waals surface area (Å²) in [5, 5.41) is 5.40. The number of hydrogen-bond donors (Lipinski definition) is 6. The number of aromatic nitrogens is 3. The van der Waals surface area contributed by atoms with Crippen LogP contribution in [-0.4, -0.2) is 74.3 Å². The molecule has 8 N–H and O–H groups in total. The minimum Gasteiger partial charge on any atom is -0.398 e. The van der Waals surface area contributed by atoms with Gasteiger partial charge in [-0.25, -0.2) is 4.79 Å². The Morgan fingerprint density at radius 1 is 0.561 bits per heavy atom. The average Bonchev–Trinajstić information content (AvgIpc) is 3.54. The first-order valence-corrected chi connectivity index (χ1v) is 21.3. The summed E-state index contributed by atoms with van der Waals surface area (Å²) in [7, 11) is -4.53. The van der Waals surface area contributed by atoms with Crippen LogP contribution in [0.25, 0.3) is 11.1 Å². The van der Waals surface area contributed by atoms with Gasteiger partial charge >= 0.3 is 5.69 Å². The first kappa shape index (κ1) is 42.4. The number of carbonyl (C=O) groups excluding carboxylic acids is 6. The summed E-state index contributed by atoms with van der Waals surface area (Å²) in [6.07, 6.45) is 0. The molecular formula is C47H32N8O10S. The van der Waals surface area contributed by atoms with Crippen molar-refractivity contribution in [3.8, 4) is 11.1 Å². The molecule has 10 rings (SSSR count). The number of para-hydroxylation sites is 1. The van der Waals surface area contributed by atoms with Gasteiger partial charge in [0.25, 0.3) is 21.9 Å². The number of nitrogens with zero attached hydrogens (tertiary/aromatic N) is 3. The fourth-order valence-corrected chi connectivity index (χ4v) is 8.80. The number of rotatable bonds is 7. The van der Waals surface area contributed by atoms with Crippen molar-refractivity contribution < 1.29 is 41.7 Å². The van der Waals surface area contributed by atoms with Crippen LogP contribution < -0.4 is 27.8 Å². The van der Waals surface area contributed by atoms with Crippen LogP contribution in [0.4, 0.5) is 34.6 Å². The van der Waals surface area contributed by atoms with E-state index in [1.165, 1.54) is 36.4 Å². The largest absolute Gasteiger partial charge is 0.398 e. The van der Waals surface area contributed by atoms with E-state index in [2.05, 4.69) is 25.6 Å². The Bertz CT molecular complexity index is 3410. The summed E-state index contributed by atoms with van der Waals surface area (Å²) >= 11 is 0. The van der Waals surface area contributed by atoms with Crippen LogP contribution in [0.5, 0.6) is 0 Å². The van der Waals surface area contributed by atoms with Crippen molar-refractivity contribution >= 4 is 79.7 Å². The smallest absolute Gasteiger partial charge is 0.351 e. The Labute approximate surface area is 373 Å². The molecule has 1 aromatic heterocycles. The number of ketones is 4. The van der Waals surface area contributed by atoms with Gasteiger partial charge in [-0.05, 0) is 60.5 Å². The Balaban J connectivity index is 0.000000166. The number of nitrogens with one attached hydrogen (secondary N) is 3. The number of hydrogen-bond acceptors (Lipinski definition) is 15. The molecule has 18 nitrogen and oxygen atoms in total. The number of benzene rings is 6. The number of carbonyl (C=O) groups is 6. The topological polar surface area (TPSA) is 295 Å². The molecule has 2 amide bonds. The van der Waals surface area contributed by atoms with Gasteiger partial charge < -0.3 is 22.1 Å². The summed E-state index contributed by atoms with van der Waals surface area (Å²) in [5.74, 6) is -2.54. The van der Waals surface area contributed by atoms with Crippen molar-refractivity contribution in [2.24, 2.45) is 0 Å². The Hall–Kier alpha value is -8.94. The van der Waals surface area contributed by atoms with E-state index in [0.29, 0.717) is 16.8 Å². The number of nitrogen functional groups attached to an aromatic ring is 2. The van der Waals surface area contributed by atoms with Crippen molar-refractivity contribution in [2.45, 2.75) is 11.8 Å². The maximum atomic E-state index is 13.6. The molecule has 66 heavy (non-hydrogen) atoms. The van der Waals surface area contributed by atoms with Crippen molar-refractivity contribution in [3.63, 3.8) is 0 Å². The number of nitrogens with two attached hydrogens (primary N) is 2. The van der Waals surface area contributed by atoms with Gasteiger partial charge in [-0.2, -0.15) is 18.4 Å². The molecule has 2 heterocycles. The molecule has 0 saturated heterocycles. The predicted molar refractivity (Wildman–Crippen MR) is 240 cm³/mol. The molecule has 0 radical (unpaired) electrons. The van der Waals surface area contributed by atoms with Gasteiger partial charge in [-0.1, -0.05) is 72.8 Å². The van der Waals surface area contributed by atoms with Crippen molar-refractivity contribution in [1.29, 1.82) is 0 Å². The lowest BCUT2D eigenvalue weighted by Gasteiger charge is -2.25. The van der Waals surface area contributed by atoms with Gasteiger partial charge in [0.05, 0.1) is 27.9 Å². The molecule has 0 saturated carbocycles. The Morgan fingerprint density at radius 3 is 1.55 bits per heavy atom. The van der Waals surface area contributed by atoms with Gasteiger partial charge in [0.1, 0.15) is 4.90 Å². The molecule has 0 bridgehead atoms. The normalized spacial score (nSPS) is 13.5. The standard InChI is InChI=1S/C28H16N2O4.C19H16N6O6S/c29-19-11-9-13(21-23(19)27(33)17-7-3-1-5-15(17)25(21)31)14-10-12-20(30)24-22(14)26(32)16-6-2-4-8-18(16)28(24)34;1-2-25-15(26)11-8-7-10(9-12(11)16(25)27)20-17-22-18(24-19(28)23-17)21-13-5-3-4-6-14(13)32(29,30)31/h1-12H,29-30H2;3-9H,2H2,1H3,(H,29,30,31)(H3,20,21,22,23,24,28). The van der Waals surface area contributed by atoms with Gasteiger partial charge in [-0.15, -0.1) is 0 Å². The Morgan fingerprint density at radius 2 is 1.03 bits per heavy atom. The Kier molecular flexibility index (Phi) is 10.3. The maximum Gasteiger partial charge on any atom is 0.351 e. The molecule has 0 fully saturated rings. The molecule has 0 spiro atoms. The monoisotopic (exact) mass is 900 g/mol. The number of imide groups is 1. The summed E-state index contributed by atoms with van der Waals surface area (Å²) in [6.45, 7) is 1.94. The number of fused-ring (bicyclic) bond motifs is 5. The molecule has 2 aliphatic carbocycles. The minimum absolute atomic E-state index is 0.0344. The van der Waals surface area contributed by atoms with Gasteiger partial charge in [0.2, 0.25) is 11.9 Å². The van der Waals surface area contributed by atoms with E-state index < -0.39 is 26.6 Å². The molecule has 19 heteroatoms. The molecule has 0 unspecified atom stereocenters. The summed E-state index contributed by atoms with van der Waals surface area (Å²) in [4.78, 5) is 101. The highest BCUT2D eigenvalue weighted by atomic mass is 32.2. The average molecular weight is 901 g/mol. The highest BCUT2D eigenvalue weighted by Gasteiger charge is 2.38. The van der Waals surface area contributed by atoms with E-state index in [1.54, 1.807) is 85.8 Å². The second-order valence-corrected chi connectivity index (χ2v) is 16.4. The lowest BCUT2D eigenvalue weighted by atomic mass is 9.76. The number of aromatic amines is 1. The number of anilines is 6. The lowest BCUT2D eigenvalue weighted by molar-refractivity contribution is 0.0661. The highest BCUT2D eigenvalue weighted by molar-refractivity contribution is 7.86. The van der Waals surface area contributed by atoms with Gasteiger partial charge in [0, 0.05) is 57.0 Å². The van der Waals surface area contributed by atoms with Crippen LogP contribution in [0, 0.1) is 0 Å². The third-order valence-electron chi connectivity index (χ3n) is 11.1. The van der Waals surface area contributed by atoms with Crippen LogP contribution in [0.1, 0.15) is 91.3 Å². The highest BCUT2D eigenvalue weighted by Crippen LogP contribution is 2.42. The van der Waals surface area contributed by atoms with Crippen molar-refractivity contribution in [2.75, 3.05) is 28.6 Å². The van der Waals surface area contributed by atoms with E-state index >= 15 is 0 Å². The zero-order valence-electron chi connectivity index (χ0n) is 34.2. The van der Waals surface area contributed by atoms with E-state index in [1.807, 2.05) is 0 Å². The van der Waals surface area contributed by atoms with E-state index in [0.717, 1.165) is 4.90 Å². The third kappa shape index (κ3) is 7.05. The predicted octanol–water partition coefficient (Wildman–Crippen LogP) is 5.58. The molecule has 3 aliphatic rings. The van der Waals surface area contributed by atoms with Crippen molar-refractivity contribution in [3.05, 3.63) is 181 Å². The fourth-order valence-electron chi connectivity index (χ4n) is 8.15. The second kappa shape index (κ2) is 16.0. The second-order valence-electron chi connectivity index (χ2n) is 15.0. The minimum atomic E-state index is -4.53. The van der Waals surface area contributed by atoms with Crippen LogP contribution in [0.15, 0.2) is 125 Å². The quantitative estimate of drug-likeness (QED) is 0.0646. The van der Waals surface area contributed by atoms with Crippen LogP contribution in [0.3, 0.4) is 0 Å². The molecule has 326 valence electrons. The summed E-state index contributed by atoms with van der Waals surface area (Å²) < 4.78 is 32.5. The SMILES string of the molecule is CCN1C(=O)c2ccc(Nc3nc(Nc4ccccc4S(=O)(=O)O)nc(=O)[nH]3)cc2C1=O.Nc1ccc(-c2ccc(N)c3c2C(=O)c2ccccc2C3=O)c2c1C(=O)c1ccccc1C2=O. The molecule has 7 aromatic rings.